The predicted octanol–water partition coefficient (Wildman–Crippen LogP) is 4.15. The first-order chi connectivity index (χ1) is 12.6. The molecule has 0 fully saturated rings. The van der Waals surface area contributed by atoms with Crippen LogP contribution in [0.25, 0.3) is 11.3 Å². The molecule has 0 spiro atoms. The number of fused-ring (bicyclic) bond motifs is 2. The highest BCUT2D eigenvalue weighted by Gasteiger charge is 2.38. The maximum Gasteiger partial charge on any atom is 0.228 e. The fraction of sp³-hybridized carbons (Fsp3) is 0.136. The lowest BCUT2D eigenvalue weighted by molar-refractivity contribution is 0.0936. The Morgan fingerprint density at radius 3 is 1.92 bits per heavy atom. The Labute approximate surface area is 151 Å². The first-order valence-electron chi connectivity index (χ1n) is 8.58. The number of hydrogen-bond acceptors (Lipinski definition) is 3. The summed E-state index contributed by atoms with van der Waals surface area (Å²) in [6.07, 6.45) is 0.482. The van der Waals surface area contributed by atoms with Gasteiger partial charge in [-0.3, -0.25) is 19.0 Å². The number of benzene rings is 2. The van der Waals surface area contributed by atoms with E-state index in [-0.39, 0.29) is 17.5 Å². The van der Waals surface area contributed by atoms with Crippen molar-refractivity contribution in [1.29, 1.82) is 0 Å². The predicted molar refractivity (Wildman–Crippen MR) is 98.9 cm³/mol. The summed E-state index contributed by atoms with van der Waals surface area (Å²) >= 11 is 0. The van der Waals surface area contributed by atoms with Gasteiger partial charge in [0.2, 0.25) is 5.91 Å². The van der Waals surface area contributed by atoms with Crippen LogP contribution in [0.5, 0.6) is 0 Å². The number of ketones is 2. The molecule has 0 unspecified atom stereocenters. The van der Waals surface area contributed by atoms with Crippen molar-refractivity contribution in [2.75, 3.05) is 0 Å². The third kappa shape index (κ3) is 2.12. The molecule has 4 rings (SSSR count). The summed E-state index contributed by atoms with van der Waals surface area (Å²) < 4.78 is 1.53. The topological polar surface area (TPSA) is 56.1 Å². The standard InChI is InChI=1S/C22H17NO3/c1-3-17-18-19(22(26)16-12-8-7-11-15(16)21(18)25)20(23(17)13(2)24)14-9-5-4-6-10-14/h4-12H,3H2,1-2H3. The van der Waals surface area contributed by atoms with E-state index in [1.165, 1.54) is 11.5 Å². The maximum atomic E-state index is 13.3. The zero-order valence-electron chi connectivity index (χ0n) is 14.6. The highest BCUT2D eigenvalue weighted by atomic mass is 16.2. The van der Waals surface area contributed by atoms with Gasteiger partial charge in [0.05, 0.1) is 16.8 Å². The Morgan fingerprint density at radius 1 is 0.846 bits per heavy atom. The van der Waals surface area contributed by atoms with Gasteiger partial charge in [0.1, 0.15) is 0 Å². The molecule has 128 valence electrons. The van der Waals surface area contributed by atoms with Crippen LogP contribution in [0, 0.1) is 0 Å². The summed E-state index contributed by atoms with van der Waals surface area (Å²) in [6, 6.07) is 16.1. The van der Waals surface area contributed by atoms with E-state index in [1.807, 2.05) is 37.3 Å². The molecule has 3 aromatic rings. The molecular weight excluding hydrogens is 326 g/mol. The molecule has 2 aromatic carbocycles. The molecule has 1 aromatic heterocycles. The molecule has 26 heavy (non-hydrogen) atoms. The first-order valence-corrected chi connectivity index (χ1v) is 8.58. The van der Waals surface area contributed by atoms with Gasteiger partial charge in [-0.1, -0.05) is 61.5 Å². The van der Waals surface area contributed by atoms with Gasteiger partial charge in [0.25, 0.3) is 0 Å². The van der Waals surface area contributed by atoms with Crippen LogP contribution in [0.15, 0.2) is 54.6 Å². The van der Waals surface area contributed by atoms with E-state index in [0.29, 0.717) is 40.1 Å². The molecule has 0 saturated carbocycles. The summed E-state index contributed by atoms with van der Waals surface area (Å²) in [5, 5.41) is 0. The average Bonchev–Trinajstić information content (AvgIpc) is 3.02. The fourth-order valence-electron chi connectivity index (χ4n) is 3.79. The minimum absolute atomic E-state index is 0.191. The number of rotatable bonds is 2. The number of hydrogen-bond donors (Lipinski definition) is 0. The molecule has 0 saturated heterocycles. The summed E-state index contributed by atoms with van der Waals surface area (Å²) in [5.41, 5.74) is 3.36. The van der Waals surface area contributed by atoms with E-state index in [4.69, 9.17) is 0 Å². The average molecular weight is 343 g/mol. The second kappa shape index (κ2) is 5.92. The quantitative estimate of drug-likeness (QED) is 0.549. The number of carbonyl (C=O) groups excluding carboxylic acids is 3. The van der Waals surface area contributed by atoms with Gasteiger partial charge >= 0.3 is 0 Å². The van der Waals surface area contributed by atoms with Crippen molar-refractivity contribution in [3.63, 3.8) is 0 Å². The number of nitrogens with zero attached hydrogens (tertiary/aromatic N) is 1. The molecule has 0 radical (unpaired) electrons. The molecule has 0 aliphatic heterocycles. The third-order valence-corrected chi connectivity index (χ3v) is 4.84. The normalized spacial score (nSPS) is 12.7. The van der Waals surface area contributed by atoms with E-state index < -0.39 is 0 Å². The van der Waals surface area contributed by atoms with Crippen molar-refractivity contribution in [2.24, 2.45) is 0 Å². The Morgan fingerprint density at radius 2 is 1.38 bits per heavy atom. The van der Waals surface area contributed by atoms with Crippen molar-refractivity contribution in [1.82, 2.24) is 4.57 Å². The van der Waals surface area contributed by atoms with Crippen molar-refractivity contribution in [3.8, 4) is 11.3 Å². The molecule has 1 heterocycles. The van der Waals surface area contributed by atoms with Gasteiger partial charge in [-0.05, 0) is 12.0 Å². The van der Waals surface area contributed by atoms with Gasteiger partial charge in [-0.25, -0.2) is 0 Å². The van der Waals surface area contributed by atoms with E-state index in [1.54, 1.807) is 24.3 Å². The lowest BCUT2D eigenvalue weighted by atomic mass is 9.83. The van der Waals surface area contributed by atoms with Gasteiger partial charge < -0.3 is 0 Å². The lowest BCUT2D eigenvalue weighted by Crippen LogP contribution is -2.20. The third-order valence-electron chi connectivity index (χ3n) is 4.84. The van der Waals surface area contributed by atoms with Crippen LogP contribution in [0.4, 0.5) is 0 Å². The highest BCUT2D eigenvalue weighted by Crippen LogP contribution is 2.39. The smallest absolute Gasteiger partial charge is 0.228 e. The van der Waals surface area contributed by atoms with Gasteiger partial charge in [0, 0.05) is 23.7 Å². The SMILES string of the molecule is CCc1c2c(c(-c3ccccc3)n1C(C)=O)C(=O)c1ccccc1C2=O. The zero-order chi connectivity index (χ0) is 18.4. The lowest BCUT2D eigenvalue weighted by Gasteiger charge is -2.16. The molecule has 0 bridgehead atoms. The molecular formula is C22H17NO3. The summed E-state index contributed by atoms with van der Waals surface area (Å²) in [5.74, 6) is -0.604. The highest BCUT2D eigenvalue weighted by molar-refractivity contribution is 6.31. The minimum atomic E-state index is -0.209. The Kier molecular flexibility index (Phi) is 3.69. The monoisotopic (exact) mass is 343 g/mol. The molecule has 0 amide bonds. The molecule has 4 nitrogen and oxygen atoms in total. The van der Waals surface area contributed by atoms with Crippen LogP contribution in [0.1, 0.15) is 56.2 Å². The Hall–Kier alpha value is -3.27. The van der Waals surface area contributed by atoms with Crippen LogP contribution in [-0.2, 0) is 6.42 Å². The number of carbonyl (C=O) groups is 3. The van der Waals surface area contributed by atoms with E-state index >= 15 is 0 Å². The van der Waals surface area contributed by atoms with Gasteiger partial charge in [0.15, 0.2) is 11.6 Å². The van der Waals surface area contributed by atoms with E-state index in [0.717, 1.165) is 5.56 Å². The van der Waals surface area contributed by atoms with E-state index in [9.17, 15) is 14.4 Å². The molecule has 1 aliphatic rings. The molecule has 1 aliphatic carbocycles. The van der Waals surface area contributed by atoms with Gasteiger partial charge in [-0.2, -0.15) is 0 Å². The van der Waals surface area contributed by atoms with Crippen LogP contribution in [0.2, 0.25) is 0 Å². The summed E-state index contributed by atoms with van der Waals surface area (Å²) in [7, 11) is 0. The Bertz CT molecular complexity index is 1070. The van der Waals surface area contributed by atoms with Gasteiger partial charge in [-0.15, -0.1) is 0 Å². The summed E-state index contributed by atoms with van der Waals surface area (Å²) in [4.78, 5) is 38.9. The summed E-state index contributed by atoms with van der Waals surface area (Å²) in [6.45, 7) is 3.35. The molecule has 4 heteroatoms. The molecule has 0 N–H and O–H groups in total. The minimum Gasteiger partial charge on any atom is -0.288 e. The van der Waals surface area contributed by atoms with Crippen LogP contribution in [-0.4, -0.2) is 22.0 Å². The van der Waals surface area contributed by atoms with E-state index in [2.05, 4.69) is 0 Å². The maximum absolute atomic E-state index is 13.3. The van der Waals surface area contributed by atoms with Crippen LogP contribution < -0.4 is 0 Å². The van der Waals surface area contributed by atoms with Crippen LogP contribution in [0.3, 0.4) is 0 Å². The van der Waals surface area contributed by atoms with Crippen molar-refractivity contribution in [2.45, 2.75) is 20.3 Å². The van der Waals surface area contributed by atoms with Crippen molar-refractivity contribution < 1.29 is 14.4 Å². The van der Waals surface area contributed by atoms with Crippen molar-refractivity contribution in [3.05, 3.63) is 82.5 Å². The molecule has 0 atom stereocenters. The largest absolute Gasteiger partial charge is 0.288 e. The second-order valence-corrected chi connectivity index (χ2v) is 6.32. The fourth-order valence-corrected chi connectivity index (χ4v) is 3.79. The van der Waals surface area contributed by atoms with Crippen molar-refractivity contribution >= 4 is 17.5 Å². The zero-order valence-corrected chi connectivity index (χ0v) is 14.6. The first kappa shape index (κ1) is 16.2. The van der Waals surface area contributed by atoms with Crippen LogP contribution >= 0.6 is 0 Å². The Balaban J connectivity index is 2.15. The second-order valence-electron chi connectivity index (χ2n) is 6.32. The number of aromatic nitrogens is 1.